The van der Waals surface area contributed by atoms with Gasteiger partial charge in [-0.2, -0.15) is 0 Å². The van der Waals surface area contributed by atoms with Crippen molar-refractivity contribution in [3.63, 3.8) is 0 Å². The lowest BCUT2D eigenvalue weighted by Crippen LogP contribution is -2.48. The van der Waals surface area contributed by atoms with E-state index in [1.165, 1.54) is 18.3 Å². The maximum absolute atomic E-state index is 12.2. The van der Waals surface area contributed by atoms with Crippen molar-refractivity contribution in [3.05, 3.63) is 11.9 Å². The topological polar surface area (TPSA) is 87.2 Å². The number of nitrogens with zero attached hydrogens (tertiary/aromatic N) is 3. The summed E-state index contributed by atoms with van der Waals surface area (Å²) < 4.78 is 0. The zero-order chi connectivity index (χ0) is 15.6. The number of likely N-dealkylation sites (tertiary alicyclic amines) is 1. The van der Waals surface area contributed by atoms with Crippen molar-refractivity contribution in [3.8, 4) is 0 Å². The van der Waals surface area contributed by atoms with Gasteiger partial charge < -0.3 is 10.6 Å². The number of imide groups is 1. The summed E-state index contributed by atoms with van der Waals surface area (Å²) >= 11 is 0. The van der Waals surface area contributed by atoms with E-state index in [0.29, 0.717) is 18.7 Å². The molecule has 0 saturated carbocycles. The van der Waals surface area contributed by atoms with Crippen LogP contribution >= 0.6 is 0 Å². The molecule has 2 rings (SSSR count). The second kappa shape index (κ2) is 6.07. The third-order valence-corrected chi connectivity index (χ3v) is 3.66. The average molecular weight is 291 g/mol. The minimum atomic E-state index is -0.426. The normalized spacial score (nSPS) is 19.1. The Bertz CT molecular complexity index is 558. The van der Waals surface area contributed by atoms with Gasteiger partial charge in [-0.25, -0.2) is 9.97 Å². The first-order valence-electron chi connectivity index (χ1n) is 7.05. The zero-order valence-electron chi connectivity index (χ0n) is 12.8. The number of anilines is 2. The smallest absolute Gasteiger partial charge is 0.251 e. The van der Waals surface area contributed by atoms with E-state index in [1.54, 1.807) is 7.05 Å². The molecule has 0 spiro atoms. The van der Waals surface area contributed by atoms with E-state index in [4.69, 9.17) is 0 Å². The fourth-order valence-electron chi connectivity index (χ4n) is 2.47. The molecule has 1 fully saturated rings. The highest BCUT2D eigenvalue weighted by Crippen LogP contribution is 2.29. The van der Waals surface area contributed by atoms with Crippen LogP contribution in [-0.4, -0.2) is 46.8 Å². The highest BCUT2D eigenvalue weighted by atomic mass is 16.2. The van der Waals surface area contributed by atoms with Crippen LogP contribution in [0.2, 0.25) is 0 Å². The SMILES string of the molecule is CNc1ncnc(NC2CCC(=O)N(C)C2=O)c1C(C)C. The fourth-order valence-corrected chi connectivity index (χ4v) is 2.47. The van der Waals surface area contributed by atoms with Gasteiger partial charge in [-0.3, -0.25) is 14.5 Å². The minimum Gasteiger partial charge on any atom is -0.373 e. The third-order valence-electron chi connectivity index (χ3n) is 3.66. The van der Waals surface area contributed by atoms with Crippen molar-refractivity contribution in [2.24, 2.45) is 0 Å². The Morgan fingerprint density at radius 3 is 2.57 bits per heavy atom. The van der Waals surface area contributed by atoms with Crippen molar-refractivity contribution < 1.29 is 9.59 Å². The summed E-state index contributed by atoms with van der Waals surface area (Å²) in [4.78, 5) is 33.3. The van der Waals surface area contributed by atoms with Crippen LogP contribution in [0.25, 0.3) is 0 Å². The van der Waals surface area contributed by atoms with Gasteiger partial charge in [0.2, 0.25) is 5.91 Å². The lowest BCUT2D eigenvalue weighted by Gasteiger charge is -2.29. The van der Waals surface area contributed by atoms with Gasteiger partial charge in [0, 0.05) is 26.1 Å². The second-order valence-corrected chi connectivity index (χ2v) is 5.42. The van der Waals surface area contributed by atoms with Crippen LogP contribution in [0.1, 0.15) is 38.2 Å². The van der Waals surface area contributed by atoms with Crippen molar-refractivity contribution in [1.82, 2.24) is 14.9 Å². The maximum atomic E-state index is 12.2. The standard InChI is InChI=1S/C14H21N5O2/c1-8(2)11-12(15-3)16-7-17-13(11)18-9-5-6-10(20)19(4)14(9)21/h7-9H,5-6H2,1-4H3,(H2,15,16,17,18). The van der Waals surface area contributed by atoms with E-state index in [-0.39, 0.29) is 17.7 Å². The van der Waals surface area contributed by atoms with E-state index in [9.17, 15) is 9.59 Å². The first-order chi connectivity index (χ1) is 9.95. The van der Waals surface area contributed by atoms with E-state index >= 15 is 0 Å². The van der Waals surface area contributed by atoms with Crippen molar-refractivity contribution >= 4 is 23.5 Å². The molecule has 0 radical (unpaired) electrons. The Morgan fingerprint density at radius 2 is 1.95 bits per heavy atom. The van der Waals surface area contributed by atoms with Crippen LogP contribution < -0.4 is 10.6 Å². The van der Waals surface area contributed by atoms with Gasteiger partial charge in [-0.05, 0) is 12.3 Å². The van der Waals surface area contributed by atoms with E-state index in [0.717, 1.165) is 11.4 Å². The number of likely N-dealkylation sites (N-methyl/N-ethyl adjacent to an activating group) is 1. The molecule has 1 atom stereocenters. The van der Waals surface area contributed by atoms with Gasteiger partial charge in [0.1, 0.15) is 24.0 Å². The van der Waals surface area contributed by atoms with Crippen LogP contribution in [-0.2, 0) is 9.59 Å². The molecule has 21 heavy (non-hydrogen) atoms. The summed E-state index contributed by atoms with van der Waals surface area (Å²) in [6.07, 6.45) is 2.31. The Hall–Kier alpha value is -2.18. The summed E-state index contributed by atoms with van der Waals surface area (Å²) in [6.45, 7) is 4.09. The monoisotopic (exact) mass is 291 g/mol. The summed E-state index contributed by atoms with van der Waals surface area (Å²) in [6, 6.07) is -0.426. The predicted molar refractivity (Wildman–Crippen MR) is 80.1 cm³/mol. The van der Waals surface area contributed by atoms with Crippen molar-refractivity contribution in [2.45, 2.75) is 38.6 Å². The number of aromatic nitrogens is 2. The van der Waals surface area contributed by atoms with Gasteiger partial charge in [-0.1, -0.05) is 13.8 Å². The number of rotatable bonds is 4. The largest absolute Gasteiger partial charge is 0.373 e. The van der Waals surface area contributed by atoms with Crippen LogP contribution in [0.5, 0.6) is 0 Å². The molecule has 2 heterocycles. The van der Waals surface area contributed by atoms with Crippen LogP contribution in [0.4, 0.5) is 11.6 Å². The Balaban J connectivity index is 2.27. The second-order valence-electron chi connectivity index (χ2n) is 5.42. The van der Waals surface area contributed by atoms with E-state index in [2.05, 4.69) is 20.6 Å². The van der Waals surface area contributed by atoms with Crippen molar-refractivity contribution in [1.29, 1.82) is 0 Å². The van der Waals surface area contributed by atoms with E-state index < -0.39 is 6.04 Å². The number of hydrogen-bond acceptors (Lipinski definition) is 6. The van der Waals surface area contributed by atoms with Crippen LogP contribution in [0.15, 0.2) is 6.33 Å². The lowest BCUT2D eigenvalue weighted by molar-refractivity contribution is -0.146. The average Bonchev–Trinajstić information content (AvgIpc) is 2.47. The molecule has 1 aliphatic rings. The number of carbonyl (C=O) groups excluding carboxylic acids is 2. The molecule has 0 bridgehead atoms. The summed E-state index contributed by atoms with van der Waals surface area (Å²) in [7, 11) is 3.32. The quantitative estimate of drug-likeness (QED) is 0.811. The number of amides is 2. The number of carbonyl (C=O) groups is 2. The summed E-state index contributed by atoms with van der Waals surface area (Å²) in [5.74, 6) is 1.24. The predicted octanol–water partition coefficient (Wildman–Crippen LogP) is 1.20. The number of nitrogens with one attached hydrogen (secondary N) is 2. The minimum absolute atomic E-state index is 0.138. The fraction of sp³-hybridized carbons (Fsp3) is 0.571. The van der Waals surface area contributed by atoms with Gasteiger partial charge in [-0.15, -0.1) is 0 Å². The Labute approximate surface area is 124 Å². The number of piperidine rings is 1. The number of hydrogen-bond donors (Lipinski definition) is 2. The molecule has 2 N–H and O–H groups in total. The van der Waals surface area contributed by atoms with Gasteiger partial charge in [0.25, 0.3) is 5.91 Å². The highest BCUT2D eigenvalue weighted by molar-refractivity contribution is 6.01. The van der Waals surface area contributed by atoms with Crippen LogP contribution in [0.3, 0.4) is 0 Å². The van der Waals surface area contributed by atoms with Crippen molar-refractivity contribution in [2.75, 3.05) is 24.7 Å². The molecule has 0 aliphatic carbocycles. The highest BCUT2D eigenvalue weighted by Gasteiger charge is 2.32. The Kier molecular flexibility index (Phi) is 4.40. The zero-order valence-corrected chi connectivity index (χ0v) is 12.8. The maximum Gasteiger partial charge on any atom is 0.251 e. The molecule has 7 heteroatoms. The third kappa shape index (κ3) is 2.96. The summed E-state index contributed by atoms with van der Waals surface area (Å²) in [5, 5.41) is 6.21. The summed E-state index contributed by atoms with van der Waals surface area (Å²) in [5.41, 5.74) is 0.937. The Morgan fingerprint density at radius 1 is 1.29 bits per heavy atom. The van der Waals surface area contributed by atoms with E-state index in [1.807, 2.05) is 13.8 Å². The molecule has 1 unspecified atom stereocenters. The molecule has 114 valence electrons. The molecule has 2 amide bonds. The van der Waals surface area contributed by atoms with Gasteiger partial charge in [0.15, 0.2) is 0 Å². The molecule has 1 aromatic rings. The first kappa shape index (κ1) is 15.2. The molecular formula is C14H21N5O2. The van der Waals surface area contributed by atoms with Gasteiger partial charge in [0.05, 0.1) is 0 Å². The molecule has 1 aromatic heterocycles. The first-order valence-corrected chi connectivity index (χ1v) is 7.05. The molecule has 7 nitrogen and oxygen atoms in total. The van der Waals surface area contributed by atoms with Gasteiger partial charge >= 0.3 is 0 Å². The van der Waals surface area contributed by atoms with Crippen LogP contribution in [0, 0.1) is 0 Å². The molecule has 0 aromatic carbocycles. The molecular weight excluding hydrogens is 270 g/mol. The molecule has 1 saturated heterocycles. The lowest BCUT2D eigenvalue weighted by atomic mass is 10.0. The molecule has 1 aliphatic heterocycles.